The Bertz CT molecular complexity index is 424. The first-order chi connectivity index (χ1) is 12.4. The number of nitrogens with zero attached hydrogens (tertiary/aromatic N) is 2. The molecule has 0 spiro atoms. The molecule has 0 aromatic heterocycles. The van der Waals surface area contributed by atoms with Gasteiger partial charge in [0, 0.05) is 38.8 Å². The Labute approximate surface area is 184 Å². The van der Waals surface area contributed by atoms with Crippen molar-refractivity contribution >= 4 is 29.9 Å². The maximum Gasteiger partial charge on any atom is 0.191 e. The maximum atomic E-state index is 5.65. The fourth-order valence-electron chi connectivity index (χ4n) is 4.24. The number of ether oxygens (including phenoxy) is 1. The Morgan fingerprint density at radius 1 is 1.11 bits per heavy atom. The van der Waals surface area contributed by atoms with Crippen molar-refractivity contribution in [2.45, 2.75) is 90.8 Å². The molecule has 0 aromatic rings. The minimum absolute atomic E-state index is 0. The molecule has 1 unspecified atom stereocenters. The van der Waals surface area contributed by atoms with E-state index < -0.39 is 0 Å². The van der Waals surface area contributed by atoms with Crippen molar-refractivity contribution in [3.8, 4) is 0 Å². The van der Waals surface area contributed by atoms with Gasteiger partial charge in [0.1, 0.15) is 0 Å². The zero-order chi connectivity index (χ0) is 19.0. The van der Waals surface area contributed by atoms with Crippen molar-refractivity contribution in [1.29, 1.82) is 0 Å². The largest absolute Gasteiger partial charge is 0.379 e. The Morgan fingerprint density at radius 2 is 1.74 bits per heavy atom. The average molecular weight is 495 g/mol. The second-order valence-electron chi connectivity index (χ2n) is 9.06. The van der Waals surface area contributed by atoms with Gasteiger partial charge in [-0.25, -0.2) is 0 Å². The predicted octanol–water partition coefficient (Wildman–Crippen LogP) is 4.02. The van der Waals surface area contributed by atoms with Gasteiger partial charge in [-0.1, -0.05) is 40.0 Å². The summed E-state index contributed by atoms with van der Waals surface area (Å²) in [5.41, 5.74) is 0.0981. The molecular formula is C21H43IN4O. The van der Waals surface area contributed by atoms with Crippen LogP contribution in [0.4, 0.5) is 0 Å². The van der Waals surface area contributed by atoms with Crippen LogP contribution in [0.3, 0.4) is 0 Å². The lowest BCUT2D eigenvalue weighted by atomic mass is 9.89. The first kappa shape index (κ1) is 25.0. The highest BCUT2D eigenvalue weighted by Gasteiger charge is 2.27. The van der Waals surface area contributed by atoms with Crippen LogP contribution in [-0.2, 0) is 4.74 Å². The number of likely N-dealkylation sites (tertiary alicyclic amines) is 1. The number of guanidine groups is 1. The standard InChI is InChI=1S/C21H42N4O.HI/c1-6-22-20(23-16-19(26-5)21(2,3)4)24-17-12-14-25(15-13-17)18-10-8-7-9-11-18;/h17-19H,6-16H2,1-5H3,(H2,22,23,24);1H. The summed E-state index contributed by atoms with van der Waals surface area (Å²) in [4.78, 5) is 7.55. The number of rotatable bonds is 6. The molecule has 2 aliphatic rings. The maximum absolute atomic E-state index is 5.65. The fraction of sp³-hybridized carbons (Fsp3) is 0.952. The van der Waals surface area contributed by atoms with Gasteiger partial charge in [0.2, 0.25) is 0 Å². The van der Waals surface area contributed by atoms with Crippen molar-refractivity contribution < 1.29 is 4.74 Å². The van der Waals surface area contributed by atoms with Crippen molar-refractivity contribution in [3.05, 3.63) is 0 Å². The van der Waals surface area contributed by atoms with Gasteiger partial charge in [-0.2, -0.15) is 0 Å². The summed E-state index contributed by atoms with van der Waals surface area (Å²) in [5.74, 6) is 0.940. The fourth-order valence-corrected chi connectivity index (χ4v) is 4.24. The van der Waals surface area contributed by atoms with Crippen LogP contribution in [0, 0.1) is 5.41 Å². The number of halogens is 1. The Kier molecular flexibility index (Phi) is 11.5. The molecule has 0 bridgehead atoms. The second-order valence-corrected chi connectivity index (χ2v) is 9.06. The van der Waals surface area contributed by atoms with Crippen molar-refractivity contribution in [2.75, 3.05) is 33.3 Å². The number of aliphatic imine (C=N–C) groups is 1. The summed E-state index contributed by atoms with van der Waals surface area (Å²) < 4.78 is 5.65. The van der Waals surface area contributed by atoms with E-state index in [1.54, 1.807) is 7.11 Å². The molecule has 0 radical (unpaired) electrons. The molecule has 0 aromatic carbocycles. The third-order valence-corrected chi connectivity index (χ3v) is 5.97. The highest BCUT2D eigenvalue weighted by Crippen LogP contribution is 2.25. The number of methoxy groups -OCH3 is 1. The van der Waals surface area contributed by atoms with E-state index in [4.69, 9.17) is 9.73 Å². The van der Waals surface area contributed by atoms with Gasteiger partial charge in [0.05, 0.1) is 12.6 Å². The minimum Gasteiger partial charge on any atom is -0.379 e. The molecule has 1 atom stereocenters. The highest BCUT2D eigenvalue weighted by molar-refractivity contribution is 14.0. The van der Waals surface area contributed by atoms with Gasteiger partial charge in [-0.05, 0) is 38.0 Å². The van der Waals surface area contributed by atoms with Crippen LogP contribution >= 0.6 is 24.0 Å². The van der Waals surface area contributed by atoms with Crippen LogP contribution in [0.1, 0.15) is 72.6 Å². The third kappa shape index (κ3) is 8.44. The molecule has 6 heteroatoms. The topological polar surface area (TPSA) is 48.9 Å². The van der Waals surface area contributed by atoms with E-state index in [0.29, 0.717) is 12.6 Å². The van der Waals surface area contributed by atoms with Gasteiger partial charge in [0.25, 0.3) is 0 Å². The van der Waals surface area contributed by atoms with Crippen molar-refractivity contribution in [2.24, 2.45) is 10.4 Å². The van der Waals surface area contributed by atoms with Gasteiger partial charge in [-0.15, -0.1) is 24.0 Å². The summed E-state index contributed by atoms with van der Waals surface area (Å²) >= 11 is 0. The van der Waals surface area contributed by atoms with Gasteiger partial charge in [-0.3, -0.25) is 4.99 Å². The van der Waals surface area contributed by atoms with E-state index in [0.717, 1.165) is 18.5 Å². The molecule has 2 fully saturated rings. The first-order valence-electron chi connectivity index (χ1n) is 10.8. The summed E-state index contributed by atoms with van der Waals surface area (Å²) in [6.45, 7) is 12.8. The van der Waals surface area contributed by atoms with E-state index in [1.807, 2.05) is 0 Å². The van der Waals surface area contributed by atoms with Crippen LogP contribution in [0.2, 0.25) is 0 Å². The Morgan fingerprint density at radius 3 is 2.26 bits per heavy atom. The van der Waals surface area contributed by atoms with Crippen molar-refractivity contribution in [1.82, 2.24) is 15.5 Å². The Balaban J connectivity index is 0.00000364. The molecule has 1 heterocycles. The molecule has 27 heavy (non-hydrogen) atoms. The number of nitrogens with one attached hydrogen (secondary N) is 2. The molecule has 2 rings (SSSR count). The monoisotopic (exact) mass is 494 g/mol. The molecule has 1 saturated carbocycles. The van der Waals surface area contributed by atoms with E-state index in [-0.39, 0.29) is 35.5 Å². The van der Waals surface area contributed by atoms with Gasteiger partial charge >= 0.3 is 0 Å². The third-order valence-electron chi connectivity index (χ3n) is 5.97. The molecule has 1 saturated heterocycles. The summed E-state index contributed by atoms with van der Waals surface area (Å²) in [6, 6.07) is 1.38. The lowest BCUT2D eigenvalue weighted by molar-refractivity contribution is 0.0241. The van der Waals surface area contributed by atoms with Crippen molar-refractivity contribution in [3.63, 3.8) is 0 Å². The van der Waals surface area contributed by atoms with Crippen LogP contribution in [0.15, 0.2) is 4.99 Å². The van der Waals surface area contributed by atoms with Crippen LogP contribution in [0.25, 0.3) is 0 Å². The quantitative estimate of drug-likeness (QED) is 0.333. The minimum atomic E-state index is 0. The summed E-state index contributed by atoms with van der Waals surface area (Å²) in [5, 5.41) is 7.07. The lowest BCUT2D eigenvalue weighted by Crippen LogP contribution is -2.51. The molecule has 2 N–H and O–H groups in total. The van der Waals surface area contributed by atoms with Gasteiger partial charge < -0.3 is 20.3 Å². The van der Waals surface area contributed by atoms with Crippen LogP contribution < -0.4 is 10.6 Å². The molecule has 1 aliphatic carbocycles. The van der Waals surface area contributed by atoms with Crippen LogP contribution in [-0.4, -0.2) is 62.3 Å². The average Bonchev–Trinajstić information content (AvgIpc) is 2.62. The number of piperidine rings is 1. The normalized spacial score (nSPS) is 22.2. The summed E-state index contributed by atoms with van der Waals surface area (Å²) in [7, 11) is 1.78. The number of hydrogen-bond donors (Lipinski definition) is 2. The van der Waals surface area contributed by atoms with Gasteiger partial charge in [0.15, 0.2) is 5.96 Å². The van der Waals surface area contributed by atoms with Crippen LogP contribution in [0.5, 0.6) is 0 Å². The molecular weight excluding hydrogens is 451 g/mol. The SMILES string of the molecule is CCNC(=NCC(OC)C(C)(C)C)NC1CCN(C2CCCCC2)CC1.I. The molecule has 0 amide bonds. The lowest BCUT2D eigenvalue weighted by Gasteiger charge is -2.39. The molecule has 5 nitrogen and oxygen atoms in total. The first-order valence-corrected chi connectivity index (χ1v) is 10.8. The summed E-state index contributed by atoms with van der Waals surface area (Å²) in [6.07, 6.45) is 9.67. The smallest absolute Gasteiger partial charge is 0.191 e. The zero-order valence-corrected chi connectivity index (χ0v) is 20.6. The van der Waals surface area contributed by atoms with E-state index in [1.165, 1.54) is 58.0 Å². The zero-order valence-electron chi connectivity index (χ0n) is 18.2. The predicted molar refractivity (Wildman–Crippen MR) is 126 cm³/mol. The van der Waals surface area contributed by atoms with E-state index in [2.05, 4.69) is 43.2 Å². The number of hydrogen-bond acceptors (Lipinski definition) is 3. The highest BCUT2D eigenvalue weighted by atomic mass is 127. The second kappa shape index (κ2) is 12.5. The van der Waals surface area contributed by atoms with E-state index >= 15 is 0 Å². The Hall–Kier alpha value is -0.0800. The molecule has 160 valence electrons. The molecule has 1 aliphatic heterocycles. The van der Waals surface area contributed by atoms with E-state index in [9.17, 15) is 0 Å².